The maximum atomic E-state index is 14.1. The number of nitrogens with one attached hydrogen (secondary N) is 1. The highest BCUT2D eigenvalue weighted by molar-refractivity contribution is 7.21. The van der Waals surface area contributed by atoms with Gasteiger partial charge in [0.1, 0.15) is 5.82 Å². The van der Waals surface area contributed by atoms with Crippen molar-refractivity contribution in [2.45, 2.75) is 12.6 Å². The van der Waals surface area contributed by atoms with E-state index in [1.54, 1.807) is 12.1 Å². The van der Waals surface area contributed by atoms with Crippen LogP contribution in [0, 0.1) is 5.82 Å². The zero-order valence-electron chi connectivity index (χ0n) is 13.6. The van der Waals surface area contributed by atoms with E-state index in [9.17, 15) is 19.1 Å². The normalized spacial score (nSPS) is 12.1. The van der Waals surface area contributed by atoms with E-state index in [1.165, 1.54) is 19.3 Å². The molecule has 6 nitrogen and oxygen atoms in total. The molecule has 1 aromatic carbocycles. The van der Waals surface area contributed by atoms with Crippen molar-refractivity contribution < 1.29 is 28.6 Å². The van der Waals surface area contributed by atoms with Gasteiger partial charge in [-0.1, -0.05) is 12.1 Å². The number of thiophene rings is 1. The molecular weight excluding hydrogens is 349 g/mol. The minimum Gasteiger partial charge on any atom is -0.480 e. The van der Waals surface area contributed by atoms with Gasteiger partial charge in [0.15, 0.2) is 6.04 Å². The fourth-order valence-electron chi connectivity index (χ4n) is 2.30. The molecule has 1 heterocycles. The molecule has 0 aliphatic carbocycles. The van der Waals surface area contributed by atoms with Crippen molar-refractivity contribution in [3.63, 3.8) is 0 Å². The summed E-state index contributed by atoms with van der Waals surface area (Å²) in [5, 5.41) is 11.9. The second-order valence-electron chi connectivity index (χ2n) is 5.15. The Bertz CT molecular complexity index is 789. The second kappa shape index (κ2) is 8.70. The van der Waals surface area contributed by atoms with Crippen molar-refractivity contribution in [1.29, 1.82) is 0 Å². The minimum atomic E-state index is -1.22. The Morgan fingerprint density at radius 3 is 2.88 bits per heavy atom. The number of carbonyl (C=O) groups is 2. The summed E-state index contributed by atoms with van der Waals surface area (Å²) in [7, 11) is 1.44. The van der Waals surface area contributed by atoms with Gasteiger partial charge in [-0.05, 0) is 12.1 Å². The smallest absolute Gasteiger partial charge is 0.328 e. The van der Waals surface area contributed by atoms with E-state index in [0.717, 1.165) is 11.3 Å². The summed E-state index contributed by atoms with van der Waals surface area (Å²) in [5.74, 6) is -2.29. The quantitative estimate of drug-likeness (QED) is 0.526. The molecule has 0 aliphatic rings. The number of rotatable bonds is 9. The zero-order valence-corrected chi connectivity index (χ0v) is 14.4. The van der Waals surface area contributed by atoms with Crippen LogP contribution in [0.25, 0.3) is 10.1 Å². The number of hydrogen-bond donors (Lipinski definition) is 2. The Balaban J connectivity index is 2.31. The number of fused-ring (bicyclic) bond motifs is 1. The summed E-state index contributed by atoms with van der Waals surface area (Å²) in [6.45, 7) is 3.47. The van der Waals surface area contributed by atoms with Crippen molar-refractivity contribution in [3.05, 3.63) is 47.1 Å². The molecule has 8 heteroatoms. The first-order chi connectivity index (χ1) is 12.0. The largest absolute Gasteiger partial charge is 0.480 e. The molecule has 0 aliphatic heterocycles. The van der Waals surface area contributed by atoms with Crippen molar-refractivity contribution in [3.8, 4) is 0 Å². The lowest BCUT2D eigenvalue weighted by Gasteiger charge is -2.14. The highest BCUT2D eigenvalue weighted by atomic mass is 32.1. The Hall–Kier alpha value is -2.29. The minimum absolute atomic E-state index is 0.0361. The third-order valence-electron chi connectivity index (χ3n) is 3.38. The number of hydrogen-bond acceptors (Lipinski definition) is 5. The van der Waals surface area contributed by atoms with Crippen LogP contribution in [0.5, 0.6) is 0 Å². The molecule has 134 valence electrons. The molecule has 0 saturated heterocycles. The van der Waals surface area contributed by atoms with Crippen LogP contribution in [0.1, 0.15) is 15.2 Å². The molecule has 0 radical (unpaired) electrons. The van der Waals surface area contributed by atoms with Crippen LogP contribution in [0.3, 0.4) is 0 Å². The number of aliphatic carboxylic acids is 1. The fraction of sp³-hybridized carbons (Fsp3) is 0.294. The first-order valence-electron chi connectivity index (χ1n) is 7.40. The Morgan fingerprint density at radius 1 is 1.48 bits per heavy atom. The molecule has 1 atom stereocenters. The lowest BCUT2D eigenvalue weighted by atomic mass is 10.1. The van der Waals surface area contributed by atoms with Gasteiger partial charge >= 0.3 is 5.97 Å². The van der Waals surface area contributed by atoms with Crippen LogP contribution in [0.2, 0.25) is 0 Å². The van der Waals surface area contributed by atoms with E-state index in [2.05, 4.69) is 11.9 Å². The Kier molecular flexibility index (Phi) is 6.63. The third kappa shape index (κ3) is 4.41. The lowest BCUT2D eigenvalue weighted by molar-refractivity contribution is -0.140. The predicted molar refractivity (Wildman–Crippen MR) is 92.4 cm³/mol. The summed E-state index contributed by atoms with van der Waals surface area (Å²) < 4.78 is 24.9. The molecule has 2 N–H and O–H groups in total. The van der Waals surface area contributed by atoms with Gasteiger partial charge in [0.2, 0.25) is 0 Å². The van der Waals surface area contributed by atoms with Gasteiger partial charge in [-0.25, -0.2) is 9.18 Å². The first kappa shape index (κ1) is 19.0. The molecule has 0 bridgehead atoms. The number of methoxy groups -OCH3 is 1. The van der Waals surface area contributed by atoms with E-state index >= 15 is 0 Å². The van der Waals surface area contributed by atoms with Gasteiger partial charge in [-0.2, -0.15) is 0 Å². The number of amides is 1. The maximum Gasteiger partial charge on any atom is 0.328 e. The summed E-state index contributed by atoms with van der Waals surface area (Å²) in [6, 6.07) is 3.33. The van der Waals surface area contributed by atoms with E-state index in [1.807, 2.05) is 0 Å². The molecule has 0 saturated carbocycles. The first-order valence-corrected chi connectivity index (χ1v) is 8.22. The highest BCUT2D eigenvalue weighted by Crippen LogP contribution is 2.33. The van der Waals surface area contributed by atoms with Gasteiger partial charge in [-0.15, -0.1) is 17.9 Å². The molecule has 2 rings (SSSR count). The van der Waals surface area contributed by atoms with E-state index in [0.29, 0.717) is 15.6 Å². The fourth-order valence-corrected chi connectivity index (χ4v) is 3.43. The molecule has 1 amide bonds. The van der Waals surface area contributed by atoms with Crippen molar-refractivity contribution in [2.24, 2.45) is 0 Å². The van der Waals surface area contributed by atoms with Crippen molar-refractivity contribution >= 4 is 33.3 Å². The SMILES string of the molecule is C=CCOCC(NC(=O)c1sc2cccc(F)c2c1COC)C(=O)O. The Labute approximate surface area is 147 Å². The molecule has 2 aromatic rings. The zero-order chi connectivity index (χ0) is 18.4. The molecular formula is C17H18FNO5S. The summed E-state index contributed by atoms with van der Waals surface area (Å²) >= 11 is 1.09. The Morgan fingerprint density at radius 2 is 2.24 bits per heavy atom. The number of carboxylic acid groups (broad SMARTS) is 1. The average Bonchev–Trinajstić information content (AvgIpc) is 2.94. The van der Waals surface area contributed by atoms with Crippen LogP contribution in [0.4, 0.5) is 4.39 Å². The highest BCUT2D eigenvalue weighted by Gasteiger charge is 2.25. The molecule has 1 aromatic heterocycles. The number of halogens is 1. The van der Waals surface area contributed by atoms with Gasteiger partial charge in [0.05, 0.1) is 24.7 Å². The summed E-state index contributed by atoms with van der Waals surface area (Å²) in [5.41, 5.74) is 0.397. The number of carbonyl (C=O) groups excluding carboxylic acids is 1. The molecule has 1 unspecified atom stereocenters. The number of benzene rings is 1. The van der Waals surface area contributed by atoms with Crippen molar-refractivity contribution in [2.75, 3.05) is 20.3 Å². The standard InChI is InChI=1S/C17H18FNO5S/c1-3-7-24-9-12(17(21)22)19-16(20)15-10(8-23-2)14-11(18)5-4-6-13(14)25-15/h3-6,12H,1,7-9H2,2H3,(H,19,20)(H,21,22). The topological polar surface area (TPSA) is 84.9 Å². The van der Waals surface area contributed by atoms with Crippen LogP contribution < -0.4 is 5.32 Å². The maximum absolute atomic E-state index is 14.1. The monoisotopic (exact) mass is 367 g/mol. The van der Waals surface area contributed by atoms with E-state index in [4.69, 9.17) is 9.47 Å². The van der Waals surface area contributed by atoms with Gasteiger partial charge in [0.25, 0.3) is 5.91 Å². The third-order valence-corrected chi connectivity index (χ3v) is 4.58. The van der Waals surface area contributed by atoms with Gasteiger partial charge < -0.3 is 19.9 Å². The van der Waals surface area contributed by atoms with Crippen LogP contribution in [-0.2, 0) is 20.9 Å². The molecule has 0 fully saturated rings. The van der Waals surface area contributed by atoms with Crippen molar-refractivity contribution in [1.82, 2.24) is 5.32 Å². The lowest BCUT2D eigenvalue weighted by Crippen LogP contribution is -2.44. The summed E-state index contributed by atoms with van der Waals surface area (Å²) in [4.78, 5) is 24.1. The average molecular weight is 367 g/mol. The van der Waals surface area contributed by atoms with Gasteiger partial charge in [0, 0.05) is 22.8 Å². The van der Waals surface area contributed by atoms with E-state index < -0.39 is 23.7 Å². The number of ether oxygens (including phenoxy) is 2. The second-order valence-corrected chi connectivity index (χ2v) is 6.20. The predicted octanol–water partition coefficient (Wildman–Crippen LogP) is 2.57. The summed E-state index contributed by atoms with van der Waals surface area (Å²) in [6.07, 6.45) is 1.48. The van der Waals surface area contributed by atoms with Crippen LogP contribution >= 0.6 is 11.3 Å². The molecule has 0 spiro atoms. The van der Waals surface area contributed by atoms with Crippen LogP contribution in [0.15, 0.2) is 30.9 Å². The number of carboxylic acids is 1. The van der Waals surface area contributed by atoms with Gasteiger partial charge in [-0.3, -0.25) is 4.79 Å². The van der Waals surface area contributed by atoms with Crippen LogP contribution in [-0.4, -0.2) is 43.3 Å². The molecule has 25 heavy (non-hydrogen) atoms. The van der Waals surface area contributed by atoms with E-state index in [-0.39, 0.29) is 24.7 Å².